The molecule has 0 aliphatic rings. The zero-order valence-electron chi connectivity index (χ0n) is 31.5. The Morgan fingerprint density at radius 1 is 0.328 bits per heavy atom. The average Bonchev–Trinajstić information content (AvgIpc) is 3.25. The van der Waals surface area contributed by atoms with Crippen molar-refractivity contribution >= 4 is 43.1 Å². The van der Waals surface area contributed by atoms with Crippen LogP contribution in [-0.4, -0.2) is 34.6 Å². The van der Waals surface area contributed by atoms with Gasteiger partial charge in [0.2, 0.25) is 0 Å². The summed E-state index contributed by atoms with van der Waals surface area (Å²) in [5.74, 6) is 14.4. The van der Waals surface area contributed by atoms with Gasteiger partial charge in [-0.1, -0.05) is 109 Å². The summed E-state index contributed by atoms with van der Waals surface area (Å²) in [5, 5.41) is 51.1. The van der Waals surface area contributed by atoms with Crippen LogP contribution in [0.3, 0.4) is 0 Å². The van der Waals surface area contributed by atoms with Crippen molar-refractivity contribution < 1.29 is 29.9 Å². The van der Waals surface area contributed by atoms with Crippen molar-refractivity contribution in [3.8, 4) is 80.4 Å². The summed E-state index contributed by atoms with van der Waals surface area (Å²) in [6.07, 6.45) is 0. The molecule has 9 aromatic carbocycles. The van der Waals surface area contributed by atoms with Crippen molar-refractivity contribution in [3.05, 3.63) is 168 Å². The molecule has 6 nitrogen and oxygen atoms in total. The number of phenols is 4. The Kier molecular flexibility index (Phi) is 8.93. The molecule has 0 bridgehead atoms. The largest absolute Gasteiger partial charge is 0.507 e. The lowest BCUT2D eigenvalue weighted by Gasteiger charge is -2.15. The molecule has 6 heteroatoms. The van der Waals surface area contributed by atoms with E-state index < -0.39 is 0 Å². The molecule has 9 rings (SSSR count). The summed E-state index contributed by atoms with van der Waals surface area (Å²) in [6, 6.07) is 44.5. The van der Waals surface area contributed by atoms with Crippen LogP contribution in [0.25, 0.3) is 65.3 Å². The molecule has 278 valence electrons. The number of methoxy groups -OCH3 is 2. The molecule has 4 N–H and O–H groups in total. The van der Waals surface area contributed by atoms with E-state index in [0.717, 1.165) is 54.2 Å². The van der Waals surface area contributed by atoms with Crippen molar-refractivity contribution in [2.45, 2.75) is 0 Å². The highest BCUT2D eigenvalue weighted by molar-refractivity contribution is 6.12. The summed E-state index contributed by atoms with van der Waals surface area (Å²) < 4.78 is 11.6. The van der Waals surface area contributed by atoms with Gasteiger partial charge in [0.05, 0.1) is 25.3 Å². The first-order valence-electron chi connectivity index (χ1n) is 18.6. The third-order valence-corrected chi connectivity index (χ3v) is 10.6. The fourth-order valence-corrected chi connectivity index (χ4v) is 7.84. The molecule has 58 heavy (non-hydrogen) atoms. The van der Waals surface area contributed by atoms with Gasteiger partial charge in [0.15, 0.2) is 0 Å². The maximum atomic E-state index is 11.2. The van der Waals surface area contributed by atoms with Gasteiger partial charge < -0.3 is 29.9 Å². The van der Waals surface area contributed by atoms with Crippen LogP contribution in [0.5, 0.6) is 34.5 Å². The Hall–Kier alpha value is -8.06. The summed E-state index contributed by atoms with van der Waals surface area (Å²) >= 11 is 0. The molecule has 0 unspecified atom stereocenters. The summed E-state index contributed by atoms with van der Waals surface area (Å²) in [4.78, 5) is 0. The summed E-state index contributed by atoms with van der Waals surface area (Å²) in [7, 11) is 3.16. The first kappa shape index (κ1) is 35.6. The van der Waals surface area contributed by atoms with E-state index in [0.29, 0.717) is 44.9 Å². The Morgan fingerprint density at radius 2 is 0.672 bits per heavy atom. The minimum atomic E-state index is 0.0542. The number of ether oxygens (including phenoxy) is 2. The van der Waals surface area contributed by atoms with Crippen LogP contribution in [0, 0.1) is 23.7 Å². The lowest BCUT2D eigenvalue weighted by Crippen LogP contribution is -1.94. The van der Waals surface area contributed by atoms with Crippen molar-refractivity contribution in [3.63, 3.8) is 0 Å². The molecular weight excluding hydrogens is 721 g/mol. The quantitative estimate of drug-likeness (QED) is 0.134. The number of benzene rings is 9. The van der Waals surface area contributed by atoms with Gasteiger partial charge >= 0.3 is 0 Å². The van der Waals surface area contributed by atoms with Crippen molar-refractivity contribution in [1.82, 2.24) is 0 Å². The molecule has 0 aliphatic heterocycles. The fourth-order valence-electron chi connectivity index (χ4n) is 7.84. The van der Waals surface area contributed by atoms with Crippen molar-refractivity contribution in [1.29, 1.82) is 0 Å². The molecule has 0 saturated carbocycles. The van der Waals surface area contributed by atoms with Gasteiger partial charge in [0, 0.05) is 45.5 Å². The molecule has 0 aromatic heterocycles. The van der Waals surface area contributed by atoms with E-state index in [4.69, 9.17) is 9.47 Å². The van der Waals surface area contributed by atoms with E-state index in [9.17, 15) is 20.4 Å². The maximum absolute atomic E-state index is 11.2. The van der Waals surface area contributed by atoms with Gasteiger partial charge in [-0.2, -0.15) is 0 Å². The average molecular weight is 755 g/mol. The van der Waals surface area contributed by atoms with E-state index in [2.05, 4.69) is 23.7 Å². The van der Waals surface area contributed by atoms with Gasteiger partial charge in [-0.25, -0.2) is 0 Å². The van der Waals surface area contributed by atoms with Crippen molar-refractivity contribution in [2.24, 2.45) is 0 Å². The molecule has 0 heterocycles. The van der Waals surface area contributed by atoms with Gasteiger partial charge in [0.25, 0.3) is 0 Å². The third kappa shape index (κ3) is 6.07. The SMILES string of the molecule is COc1cc(C#Cc2cccc3c(-c4c(O)ccc5ccccc45)c(O)ccc23)c(OC)cc1C#Cc1cccc2c(-c3c(O)ccc4ccccc34)c(O)ccc12. The Labute approximate surface area is 334 Å². The van der Waals surface area contributed by atoms with Gasteiger partial charge in [-0.3, -0.25) is 0 Å². The van der Waals surface area contributed by atoms with Gasteiger partial charge in [-0.05, 0) is 91.6 Å². The zero-order chi connectivity index (χ0) is 39.9. The molecule has 0 fully saturated rings. The molecule has 0 amide bonds. The summed E-state index contributed by atoms with van der Waals surface area (Å²) in [5.41, 5.74) is 4.80. The summed E-state index contributed by atoms with van der Waals surface area (Å²) in [6.45, 7) is 0. The third-order valence-electron chi connectivity index (χ3n) is 10.6. The van der Waals surface area contributed by atoms with E-state index >= 15 is 0 Å². The molecule has 0 radical (unpaired) electrons. The highest BCUT2D eigenvalue weighted by atomic mass is 16.5. The van der Waals surface area contributed by atoms with E-state index in [1.54, 1.807) is 50.6 Å². The Bertz CT molecular complexity index is 3050. The predicted molar refractivity (Wildman–Crippen MR) is 232 cm³/mol. The number of aromatic hydroxyl groups is 4. The second kappa shape index (κ2) is 14.5. The van der Waals surface area contributed by atoms with E-state index in [-0.39, 0.29) is 23.0 Å². The van der Waals surface area contributed by atoms with Gasteiger partial charge in [-0.15, -0.1) is 0 Å². The Balaban J connectivity index is 1.11. The number of rotatable bonds is 4. The predicted octanol–water partition coefficient (Wildman–Crippen LogP) is 11.3. The standard InChI is InChI=1S/C52H34O6/c1-57-47-29-36(20-18-32-12-8-16-42-38(32)24-28-46(56)52(42)50-40-14-6-4-10-34(40)22-26-44(50)54)48(58-2)30-35(47)19-17-31-11-7-15-41-37(31)23-27-45(55)51(41)49-39-13-5-3-9-33(39)21-25-43(49)53/h3-16,21-30,53-56H,1-2H3. The van der Waals surface area contributed by atoms with Crippen LogP contribution in [0.15, 0.2) is 146 Å². The fraction of sp³-hybridized carbons (Fsp3) is 0.0385. The van der Waals surface area contributed by atoms with E-state index in [1.165, 1.54) is 0 Å². The molecule has 0 saturated heterocycles. The number of hydrogen-bond acceptors (Lipinski definition) is 6. The molecule has 0 atom stereocenters. The monoisotopic (exact) mass is 754 g/mol. The molecule has 0 spiro atoms. The van der Waals surface area contributed by atoms with Gasteiger partial charge in [0.1, 0.15) is 34.5 Å². The first-order valence-corrected chi connectivity index (χ1v) is 18.6. The highest BCUT2D eigenvalue weighted by Gasteiger charge is 2.19. The van der Waals surface area contributed by atoms with E-state index in [1.807, 2.05) is 109 Å². The number of hydrogen-bond donors (Lipinski definition) is 4. The van der Waals surface area contributed by atoms with Crippen LogP contribution in [0.4, 0.5) is 0 Å². The van der Waals surface area contributed by atoms with Crippen LogP contribution in [0.1, 0.15) is 22.3 Å². The Morgan fingerprint density at radius 3 is 1.09 bits per heavy atom. The minimum Gasteiger partial charge on any atom is -0.507 e. The smallest absolute Gasteiger partial charge is 0.136 e. The topological polar surface area (TPSA) is 99.4 Å². The number of phenolic OH excluding ortho intramolecular Hbond substituents is 4. The number of fused-ring (bicyclic) bond motifs is 4. The second-order valence-electron chi connectivity index (χ2n) is 13.8. The normalized spacial score (nSPS) is 10.9. The lowest BCUT2D eigenvalue weighted by molar-refractivity contribution is 0.401. The molecular formula is C52H34O6. The minimum absolute atomic E-state index is 0.0542. The molecule has 0 aliphatic carbocycles. The lowest BCUT2D eigenvalue weighted by atomic mass is 9.91. The zero-order valence-corrected chi connectivity index (χ0v) is 31.5. The second-order valence-corrected chi connectivity index (χ2v) is 13.8. The maximum Gasteiger partial charge on any atom is 0.136 e. The van der Waals surface area contributed by atoms with Crippen LogP contribution in [-0.2, 0) is 0 Å². The van der Waals surface area contributed by atoms with Crippen LogP contribution < -0.4 is 9.47 Å². The van der Waals surface area contributed by atoms with Crippen LogP contribution in [0.2, 0.25) is 0 Å². The first-order chi connectivity index (χ1) is 28.3. The van der Waals surface area contributed by atoms with Crippen LogP contribution >= 0.6 is 0 Å². The highest BCUT2D eigenvalue weighted by Crippen LogP contribution is 2.46. The van der Waals surface area contributed by atoms with Crippen molar-refractivity contribution in [2.75, 3.05) is 14.2 Å². The molecule has 9 aromatic rings.